The first-order valence-electron chi connectivity index (χ1n) is 7.21. The number of amides is 1. The van der Waals surface area contributed by atoms with Crippen molar-refractivity contribution in [1.29, 1.82) is 0 Å². The second kappa shape index (κ2) is 7.85. The molecule has 0 radical (unpaired) electrons. The fourth-order valence-electron chi connectivity index (χ4n) is 2.44. The smallest absolute Gasteiger partial charge is 0.222 e. The van der Waals surface area contributed by atoms with E-state index in [1.54, 1.807) is 12.4 Å². The molecule has 0 aromatic carbocycles. The molecule has 1 aliphatic heterocycles. The van der Waals surface area contributed by atoms with Gasteiger partial charge in [0.15, 0.2) is 0 Å². The highest BCUT2D eigenvalue weighted by Gasteiger charge is 2.22. The summed E-state index contributed by atoms with van der Waals surface area (Å²) in [6.07, 6.45) is 6.57. The van der Waals surface area contributed by atoms with Crippen molar-refractivity contribution in [2.24, 2.45) is 5.92 Å². The summed E-state index contributed by atoms with van der Waals surface area (Å²) >= 11 is 0. The fourth-order valence-corrected chi connectivity index (χ4v) is 2.44. The topological polar surface area (TPSA) is 62.7 Å². The molecule has 5 heteroatoms. The Morgan fingerprint density at radius 3 is 3.20 bits per heavy atom. The van der Waals surface area contributed by atoms with Gasteiger partial charge in [0.1, 0.15) is 5.75 Å². The van der Waals surface area contributed by atoms with Gasteiger partial charge in [-0.25, -0.2) is 0 Å². The second-order valence-electron chi connectivity index (χ2n) is 5.17. The van der Waals surface area contributed by atoms with Gasteiger partial charge >= 0.3 is 0 Å². The minimum absolute atomic E-state index is 0.165. The second-order valence-corrected chi connectivity index (χ2v) is 5.17. The number of likely N-dealkylation sites (tertiary alicyclic amines) is 1. The van der Waals surface area contributed by atoms with Gasteiger partial charge in [-0.2, -0.15) is 0 Å². The van der Waals surface area contributed by atoms with Crippen LogP contribution in [0.25, 0.3) is 0 Å². The van der Waals surface area contributed by atoms with E-state index < -0.39 is 0 Å². The summed E-state index contributed by atoms with van der Waals surface area (Å²) in [7, 11) is 0. The third-order valence-electron chi connectivity index (χ3n) is 3.57. The van der Waals surface area contributed by atoms with Crippen molar-refractivity contribution in [2.45, 2.75) is 25.7 Å². The van der Waals surface area contributed by atoms with E-state index >= 15 is 0 Å². The summed E-state index contributed by atoms with van der Waals surface area (Å²) in [6, 6.07) is 3.68. The standard InChI is InChI=1S/C15H22N2O3/c18-12-13-4-2-8-17(11-13)15(19)6-3-9-20-14-5-1-7-16-10-14/h1,5,7,10,13,18H,2-4,6,8-9,11-12H2. The number of pyridine rings is 1. The first kappa shape index (κ1) is 14.8. The summed E-state index contributed by atoms with van der Waals surface area (Å²) in [5, 5.41) is 9.17. The number of hydrogen-bond donors (Lipinski definition) is 1. The van der Waals surface area contributed by atoms with Crippen LogP contribution < -0.4 is 4.74 Å². The molecule has 1 amide bonds. The predicted molar refractivity (Wildman–Crippen MR) is 75.4 cm³/mol. The SMILES string of the molecule is O=C(CCCOc1cccnc1)N1CCCC(CO)C1. The van der Waals surface area contributed by atoms with Crippen molar-refractivity contribution in [2.75, 3.05) is 26.3 Å². The quantitative estimate of drug-likeness (QED) is 0.800. The van der Waals surface area contributed by atoms with Crippen molar-refractivity contribution in [1.82, 2.24) is 9.88 Å². The normalized spacial score (nSPS) is 18.9. The van der Waals surface area contributed by atoms with Crippen LogP contribution in [0.4, 0.5) is 0 Å². The zero-order valence-electron chi connectivity index (χ0n) is 11.7. The third kappa shape index (κ3) is 4.49. The van der Waals surface area contributed by atoms with Crippen molar-refractivity contribution in [3.05, 3.63) is 24.5 Å². The average Bonchev–Trinajstić information content (AvgIpc) is 2.52. The first-order valence-corrected chi connectivity index (χ1v) is 7.21. The molecule has 5 nitrogen and oxygen atoms in total. The molecular weight excluding hydrogens is 256 g/mol. The van der Waals surface area contributed by atoms with E-state index in [4.69, 9.17) is 9.84 Å². The van der Waals surface area contributed by atoms with E-state index in [0.29, 0.717) is 26.0 Å². The van der Waals surface area contributed by atoms with E-state index in [1.165, 1.54) is 0 Å². The molecular formula is C15H22N2O3. The summed E-state index contributed by atoms with van der Waals surface area (Å²) in [5.74, 6) is 1.15. The van der Waals surface area contributed by atoms with Crippen molar-refractivity contribution < 1.29 is 14.6 Å². The maximum absolute atomic E-state index is 12.0. The number of rotatable bonds is 6. The molecule has 1 aromatic heterocycles. The van der Waals surface area contributed by atoms with E-state index in [0.717, 1.165) is 25.1 Å². The molecule has 0 spiro atoms. The molecule has 1 aromatic rings. The van der Waals surface area contributed by atoms with Crippen molar-refractivity contribution in [3.63, 3.8) is 0 Å². The first-order chi connectivity index (χ1) is 9.79. The van der Waals surface area contributed by atoms with Gasteiger partial charge in [0.25, 0.3) is 0 Å². The average molecular weight is 278 g/mol. The molecule has 1 atom stereocenters. The molecule has 110 valence electrons. The number of carbonyl (C=O) groups excluding carboxylic acids is 1. The highest BCUT2D eigenvalue weighted by atomic mass is 16.5. The van der Waals surface area contributed by atoms with E-state index in [-0.39, 0.29) is 18.4 Å². The fraction of sp³-hybridized carbons (Fsp3) is 0.600. The number of aliphatic hydroxyl groups is 1. The molecule has 20 heavy (non-hydrogen) atoms. The van der Waals surface area contributed by atoms with Crippen LogP contribution in [0, 0.1) is 5.92 Å². The third-order valence-corrected chi connectivity index (χ3v) is 3.57. The Labute approximate surface area is 119 Å². The minimum atomic E-state index is 0.165. The lowest BCUT2D eigenvalue weighted by atomic mass is 9.99. The van der Waals surface area contributed by atoms with Gasteiger partial charge < -0.3 is 14.7 Å². The van der Waals surface area contributed by atoms with Crippen molar-refractivity contribution >= 4 is 5.91 Å². The van der Waals surface area contributed by atoms with E-state index in [9.17, 15) is 4.79 Å². The summed E-state index contributed by atoms with van der Waals surface area (Å²) in [6.45, 7) is 2.21. The van der Waals surface area contributed by atoms with Gasteiger partial charge in [0, 0.05) is 32.3 Å². The number of nitrogens with zero attached hydrogens (tertiary/aromatic N) is 2. The number of aliphatic hydroxyl groups excluding tert-OH is 1. The predicted octanol–water partition coefficient (Wildman–Crippen LogP) is 1.47. The number of aromatic nitrogens is 1. The highest BCUT2D eigenvalue weighted by molar-refractivity contribution is 5.76. The van der Waals surface area contributed by atoms with Gasteiger partial charge in [-0.3, -0.25) is 9.78 Å². The van der Waals surface area contributed by atoms with Crippen LogP contribution in [0.3, 0.4) is 0 Å². The zero-order chi connectivity index (χ0) is 14.2. The largest absolute Gasteiger partial charge is 0.492 e. The summed E-state index contributed by atoms with van der Waals surface area (Å²) in [4.78, 5) is 17.9. The highest BCUT2D eigenvalue weighted by Crippen LogP contribution is 2.17. The molecule has 0 bridgehead atoms. The Morgan fingerprint density at radius 2 is 2.45 bits per heavy atom. The van der Waals surface area contributed by atoms with Gasteiger partial charge in [0.2, 0.25) is 5.91 Å². The van der Waals surface area contributed by atoms with E-state index in [1.807, 2.05) is 17.0 Å². The molecule has 1 aliphatic rings. The Balaban J connectivity index is 1.65. The van der Waals surface area contributed by atoms with Crippen LogP contribution in [-0.4, -0.2) is 47.2 Å². The van der Waals surface area contributed by atoms with Gasteiger partial charge in [-0.05, 0) is 37.3 Å². The molecule has 2 rings (SSSR count). The lowest BCUT2D eigenvalue weighted by Crippen LogP contribution is -2.40. The lowest BCUT2D eigenvalue weighted by molar-refractivity contribution is -0.133. The Bertz CT molecular complexity index is 411. The van der Waals surface area contributed by atoms with Crippen LogP contribution in [-0.2, 0) is 4.79 Å². The van der Waals surface area contributed by atoms with Crippen LogP contribution in [0.5, 0.6) is 5.75 Å². The van der Waals surface area contributed by atoms with Gasteiger partial charge in [0.05, 0.1) is 12.8 Å². The Kier molecular flexibility index (Phi) is 5.80. The maximum Gasteiger partial charge on any atom is 0.222 e. The van der Waals surface area contributed by atoms with E-state index in [2.05, 4.69) is 4.98 Å². The number of ether oxygens (including phenoxy) is 1. The van der Waals surface area contributed by atoms with Gasteiger partial charge in [-0.15, -0.1) is 0 Å². The number of piperidine rings is 1. The lowest BCUT2D eigenvalue weighted by Gasteiger charge is -2.31. The molecule has 0 saturated carbocycles. The molecule has 1 N–H and O–H groups in total. The molecule has 0 aliphatic carbocycles. The summed E-state index contributed by atoms with van der Waals surface area (Å²) in [5.41, 5.74) is 0. The van der Waals surface area contributed by atoms with Crippen molar-refractivity contribution in [3.8, 4) is 5.75 Å². The molecule has 1 unspecified atom stereocenters. The van der Waals surface area contributed by atoms with Crippen LogP contribution in [0.2, 0.25) is 0 Å². The molecule has 1 fully saturated rings. The Morgan fingerprint density at radius 1 is 1.55 bits per heavy atom. The Hall–Kier alpha value is -1.62. The van der Waals surface area contributed by atoms with Crippen LogP contribution in [0.15, 0.2) is 24.5 Å². The number of hydrogen-bond acceptors (Lipinski definition) is 4. The zero-order valence-corrected chi connectivity index (χ0v) is 11.7. The minimum Gasteiger partial charge on any atom is -0.492 e. The molecule has 1 saturated heterocycles. The van der Waals surface area contributed by atoms with Crippen LogP contribution >= 0.6 is 0 Å². The molecule has 2 heterocycles. The number of carbonyl (C=O) groups is 1. The monoisotopic (exact) mass is 278 g/mol. The van der Waals surface area contributed by atoms with Crippen LogP contribution in [0.1, 0.15) is 25.7 Å². The summed E-state index contributed by atoms with van der Waals surface area (Å²) < 4.78 is 5.51. The van der Waals surface area contributed by atoms with Gasteiger partial charge in [-0.1, -0.05) is 0 Å². The maximum atomic E-state index is 12.0.